The third kappa shape index (κ3) is 7.97. The van der Waals surface area contributed by atoms with Crippen molar-refractivity contribution < 1.29 is 14.3 Å². The normalized spacial score (nSPS) is 17.0. The van der Waals surface area contributed by atoms with Gasteiger partial charge in [-0.1, -0.05) is 30.3 Å². The number of carbonyl (C=O) groups is 2. The molecule has 0 aliphatic carbocycles. The fourth-order valence-electron chi connectivity index (χ4n) is 2.25. The molecule has 0 saturated carbocycles. The van der Waals surface area contributed by atoms with Gasteiger partial charge in [-0.3, -0.25) is 9.59 Å². The predicted molar refractivity (Wildman–Crippen MR) is 90.4 cm³/mol. The maximum atomic E-state index is 11.7. The third-order valence-corrected chi connectivity index (χ3v) is 3.44. The molecule has 1 unspecified atom stereocenters. The first-order chi connectivity index (χ1) is 10.7. The van der Waals surface area contributed by atoms with Crippen molar-refractivity contribution in [3.8, 4) is 0 Å². The average Bonchev–Trinajstić information content (AvgIpc) is 2.55. The minimum Gasteiger partial charge on any atom is -0.378 e. The average molecular weight is 342 g/mol. The molecule has 1 aliphatic rings. The predicted octanol–water partition coefficient (Wildman–Crippen LogP) is 0.609. The van der Waals surface area contributed by atoms with Crippen molar-refractivity contribution in [3.05, 3.63) is 35.9 Å². The maximum absolute atomic E-state index is 11.7. The van der Waals surface area contributed by atoms with Gasteiger partial charge in [0.1, 0.15) is 0 Å². The minimum absolute atomic E-state index is 0. The molecular weight excluding hydrogens is 318 g/mol. The molecule has 0 bridgehead atoms. The summed E-state index contributed by atoms with van der Waals surface area (Å²) in [7, 11) is 0. The van der Waals surface area contributed by atoms with Gasteiger partial charge in [-0.2, -0.15) is 0 Å². The van der Waals surface area contributed by atoms with Crippen LogP contribution in [-0.4, -0.2) is 44.2 Å². The molecule has 0 radical (unpaired) electrons. The smallest absolute Gasteiger partial charge is 0.222 e. The van der Waals surface area contributed by atoms with Crippen molar-refractivity contribution in [1.82, 2.24) is 16.0 Å². The molecule has 1 aliphatic heterocycles. The van der Waals surface area contributed by atoms with Crippen LogP contribution < -0.4 is 16.0 Å². The summed E-state index contributed by atoms with van der Waals surface area (Å²) < 4.78 is 5.29. The van der Waals surface area contributed by atoms with Crippen LogP contribution in [0.25, 0.3) is 0 Å². The molecule has 2 rings (SSSR count). The van der Waals surface area contributed by atoms with Crippen LogP contribution in [0.5, 0.6) is 0 Å². The second kappa shape index (κ2) is 11.0. The van der Waals surface area contributed by atoms with E-state index >= 15 is 0 Å². The first kappa shape index (κ1) is 19.4. The van der Waals surface area contributed by atoms with Crippen molar-refractivity contribution in [2.24, 2.45) is 0 Å². The van der Waals surface area contributed by atoms with Gasteiger partial charge in [0.15, 0.2) is 0 Å². The second-order valence-electron chi connectivity index (χ2n) is 5.29. The molecule has 0 spiro atoms. The summed E-state index contributed by atoms with van der Waals surface area (Å²) in [6.07, 6.45) is 0.665. The summed E-state index contributed by atoms with van der Waals surface area (Å²) >= 11 is 0. The molecule has 7 heteroatoms. The molecule has 6 nitrogen and oxygen atoms in total. The van der Waals surface area contributed by atoms with E-state index in [2.05, 4.69) is 16.0 Å². The fourth-order valence-corrected chi connectivity index (χ4v) is 2.25. The monoisotopic (exact) mass is 341 g/mol. The van der Waals surface area contributed by atoms with Crippen molar-refractivity contribution in [1.29, 1.82) is 0 Å². The standard InChI is InChI=1S/C16H23N3O3.ClH/c20-15(19-11-13-4-2-1-3-5-13)6-7-18-16(21)10-14-12-22-9-8-17-14;/h1-5,14,17H,6-12H2,(H,18,21)(H,19,20);1H. The Kier molecular flexibility index (Phi) is 9.28. The Morgan fingerprint density at radius 1 is 1.17 bits per heavy atom. The zero-order valence-corrected chi connectivity index (χ0v) is 13.9. The van der Waals surface area contributed by atoms with Crippen LogP contribution in [0.15, 0.2) is 30.3 Å². The summed E-state index contributed by atoms with van der Waals surface area (Å²) in [4.78, 5) is 23.4. The quantitative estimate of drug-likeness (QED) is 0.679. The van der Waals surface area contributed by atoms with E-state index in [1.165, 1.54) is 0 Å². The molecule has 1 saturated heterocycles. The number of benzene rings is 1. The van der Waals surface area contributed by atoms with Gasteiger partial charge in [0, 0.05) is 38.5 Å². The summed E-state index contributed by atoms with van der Waals surface area (Å²) in [5.41, 5.74) is 1.06. The molecule has 128 valence electrons. The third-order valence-electron chi connectivity index (χ3n) is 3.44. The molecule has 1 atom stereocenters. The topological polar surface area (TPSA) is 79.5 Å². The van der Waals surface area contributed by atoms with Crippen LogP contribution in [0.3, 0.4) is 0 Å². The highest BCUT2D eigenvalue weighted by molar-refractivity contribution is 5.85. The Labute approximate surface area is 142 Å². The first-order valence-corrected chi connectivity index (χ1v) is 7.62. The van der Waals surface area contributed by atoms with Crippen LogP contribution >= 0.6 is 12.4 Å². The number of nitrogens with one attached hydrogen (secondary N) is 3. The van der Waals surface area contributed by atoms with Gasteiger partial charge >= 0.3 is 0 Å². The van der Waals surface area contributed by atoms with E-state index in [9.17, 15) is 9.59 Å². The van der Waals surface area contributed by atoms with Crippen LogP contribution in [0.4, 0.5) is 0 Å². The van der Waals surface area contributed by atoms with Gasteiger partial charge in [-0.25, -0.2) is 0 Å². The van der Waals surface area contributed by atoms with Gasteiger partial charge in [-0.05, 0) is 5.56 Å². The number of hydrogen-bond donors (Lipinski definition) is 3. The van der Waals surface area contributed by atoms with E-state index < -0.39 is 0 Å². The Bertz CT molecular complexity index is 479. The van der Waals surface area contributed by atoms with Crippen LogP contribution in [0.1, 0.15) is 18.4 Å². The number of amides is 2. The molecule has 1 aromatic rings. The second-order valence-corrected chi connectivity index (χ2v) is 5.29. The molecular formula is C16H24ClN3O3. The SMILES string of the molecule is Cl.O=C(CCNC(=O)CC1COCCN1)NCc1ccccc1. The Morgan fingerprint density at radius 2 is 1.96 bits per heavy atom. The fraction of sp³-hybridized carbons (Fsp3) is 0.500. The molecule has 2 amide bonds. The highest BCUT2D eigenvalue weighted by Gasteiger charge is 2.16. The molecule has 1 aromatic carbocycles. The lowest BCUT2D eigenvalue weighted by atomic mass is 10.2. The number of morpholine rings is 1. The number of carbonyl (C=O) groups excluding carboxylic acids is 2. The van der Waals surface area contributed by atoms with Gasteiger partial charge in [0.2, 0.25) is 11.8 Å². The van der Waals surface area contributed by atoms with E-state index in [4.69, 9.17) is 4.74 Å². The Hall–Kier alpha value is -1.63. The highest BCUT2D eigenvalue weighted by atomic mass is 35.5. The summed E-state index contributed by atoms with van der Waals surface area (Å²) in [6.45, 7) is 2.90. The van der Waals surface area contributed by atoms with Crippen molar-refractivity contribution in [3.63, 3.8) is 0 Å². The van der Waals surface area contributed by atoms with Crippen LogP contribution in [-0.2, 0) is 20.9 Å². The zero-order chi connectivity index (χ0) is 15.6. The van der Waals surface area contributed by atoms with E-state index in [1.807, 2.05) is 30.3 Å². The summed E-state index contributed by atoms with van der Waals surface area (Å²) in [6, 6.07) is 9.80. The van der Waals surface area contributed by atoms with Crippen molar-refractivity contribution in [2.75, 3.05) is 26.3 Å². The van der Waals surface area contributed by atoms with Crippen LogP contribution in [0.2, 0.25) is 0 Å². The van der Waals surface area contributed by atoms with Crippen LogP contribution in [0, 0.1) is 0 Å². The molecule has 1 fully saturated rings. The number of rotatable bonds is 7. The van der Waals surface area contributed by atoms with Gasteiger partial charge in [0.25, 0.3) is 0 Å². The van der Waals surface area contributed by atoms with E-state index in [1.54, 1.807) is 0 Å². The van der Waals surface area contributed by atoms with Crippen molar-refractivity contribution >= 4 is 24.2 Å². The summed E-state index contributed by atoms with van der Waals surface area (Å²) in [5, 5.41) is 8.82. The number of ether oxygens (including phenoxy) is 1. The Morgan fingerprint density at radius 3 is 2.65 bits per heavy atom. The number of hydrogen-bond acceptors (Lipinski definition) is 4. The minimum atomic E-state index is -0.0664. The molecule has 3 N–H and O–H groups in total. The van der Waals surface area contributed by atoms with E-state index in [0.29, 0.717) is 32.7 Å². The first-order valence-electron chi connectivity index (χ1n) is 7.62. The lowest BCUT2D eigenvalue weighted by Gasteiger charge is -2.23. The Balaban J connectivity index is 0.00000264. The lowest BCUT2D eigenvalue weighted by Crippen LogP contribution is -2.44. The van der Waals surface area contributed by atoms with Crippen molar-refractivity contribution in [2.45, 2.75) is 25.4 Å². The highest BCUT2D eigenvalue weighted by Crippen LogP contribution is 1.99. The largest absolute Gasteiger partial charge is 0.378 e. The lowest BCUT2D eigenvalue weighted by molar-refractivity contribution is -0.123. The van der Waals surface area contributed by atoms with Gasteiger partial charge in [0.05, 0.1) is 13.2 Å². The zero-order valence-electron chi connectivity index (χ0n) is 13.0. The van der Waals surface area contributed by atoms with E-state index in [-0.39, 0.29) is 36.7 Å². The maximum Gasteiger partial charge on any atom is 0.222 e. The van der Waals surface area contributed by atoms with Gasteiger partial charge in [-0.15, -0.1) is 12.4 Å². The van der Waals surface area contributed by atoms with E-state index in [0.717, 1.165) is 12.1 Å². The molecule has 0 aromatic heterocycles. The molecule has 23 heavy (non-hydrogen) atoms. The molecule has 1 heterocycles. The van der Waals surface area contributed by atoms with Gasteiger partial charge < -0.3 is 20.7 Å². The summed E-state index contributed by atoms with van der Waals surface area (Å²) in [5.74, 6) is -0.123. The number of halogens is 1.